The summed E-state index contributed by atoms with van der Waals surface area (Å²) in [6.07, 6.45) is 4.20. The number of carbonyl (C=O) groups excluding carboxylic acids is 1. The van der Waals surface area contributed by atoms with Gasteiger partial charge in [-0.2, -0.15) is 5.10 Å². The minimum atomic E-state index is -0.258. The lowest BCUT2D eigenvalue weighted by Crippen LogP contribution is -2.21. The fourth-order valence-electron chi connectivity index (χ4n) is 0.683. The number of hydrazone groups is 1. The Balaban J connectivity index is 2.66. The Bertz CT molecular complexity index is 283. The van der Waals surface area contributed by atoms with E-state index >= 15 is 0 Å². The summed E-state index contributed by atoms with van der Waals surface area (Å²) in [6, 6.07) is 3.19. The molecule has 5 heteroatoms. The van der Waals surface area contributed by atoms with E-state index in [4.69, 9.17) is 5.84 Å². The van der Waals surface area contributed by atoms with Crippen LogP contribution >= 0.6 is 0 Å². The summed E-state index contributed by atoms with van der Waals surface area (Å²) in [6.45, 7) is 0. The number of nitrogens with two attached hydrogens (primary N) is 1. The smallest absolute Gasteiger partial charge is 0.256 e. The van der Waals surface area contributed by atoms with Gasteiger partial charge in [-0.3, -0.25) is 9.78 Å². The number of hydrogen-bond donors (Lipinski definition) is 2. The lowest BCUT2D eigenvalue weighted by molar-refractivity contribution is 0.0978. The Morgan fingerprint density at radius 1 is 1.58 bits per heavy atom. The molecule has 0 aliphatic carbocycles. The first-order chi connectivity index (χ1) is 5.84. The third kappa shape index (κ3) is 2.05. The monoisotopic (exact) mass is 164 g/mol. The standard InChI is InChI=1S/C7H8N4O/c8-11-5-10-7(12)6-1-3-9-4-2-6/h1-5H,8H2,(H,10,11,12). The summed E-state index contributed by atoms with van der Waals surface area (Å²) in [4.78, 5) is 14.9. The van der Waals surface area contributed by atoms with Crippen LogP contribution in [0.25, 0.3) is 0 Å². The summed E-state index contributed by atoms with van der Waals surface area (Å²) < 4.78 is 0. The van der Waals surface area contributed by atoms with Crippen molar-refractivity contribution in [3.63, 3.8) is 0 Å². The van der Waals surface area contributed by atoms with Crippen LogP contribution in [-0.4, -0.2) is 17.2 Å². The topological polar surface area (TPSA) is 80.4 Å². The van der Waals surface area contributed by atoms with E-state index in [1.165, 1.54) is 12.4 Å². The Kier molecular flexibility index (Phi) is 2.78. The number of aromatic nitrogens is 1. The molecule has 0 aliphatic rings. The number of hydrogen-bond acceptors (Lipinski definition) is 4. The predicted octanol–water partition coefficient (Wildman–Crippen LogP) is -0.287. The largest absolute Gasteiger partial charge is 0.322 e. The van der Waals surface area contributed by atoms with E-state index < -0.39 is 0 Å². The van der Waals surface area contributed by atoms with E-state index in [0.717, 1.165) is 6.34 Å². The van der Waals surface area contributed by atoms with Crippen LogP contribution in [0.4, 0.5) is 0 Å². The second-order valence-corrected chi connectivity index (χ2v) is 1.99. The van der Waals surface area contributed by atoms with Gasteiger partial charge in [0.1, 0.15) is 6.34 Å². The average Bonchev–Trinajstić information content (AvgIpc) is 2.15. The van der Waals surface area contributed by atoms with Gasteiger partial charge < -0.3 is 11.2 Å². The molecule has 0 saturated heterocycles. The predicted molar refractivity (Wildman–Crippen MR) is 44.4 cm³/mol. The van der Waals surface area contributed by atoms with Gasteiger partial charge in [-0.05, 0) is 12.1 Å². The van der Waals surface area contributed by atoms with E-state index in [-0.39, 0.29) is 5.91 Å². The number of carbonyl (C=O) groups is 1. The lowest BCUT2D eigenvalue weighted by Gasteiger charge is -1.96. The molecular weight excluding hydrogens is 156 g/mol. The van der Waals surface area contributed by atoms with Crippen molar-refractivity contribution in [3.8, 4) is 0 Å². The zero-order chi connectivity index (χ0) is 8.81. The number of rotatable bonds is 2. The molecule has 0 aromatic carbocycles. The summed E-state index contributed by atoms with van der Waals surface area (Å²) in [5.41, 5.74) is 0.518. The molecule has 12 heavy (non-hydrogen) atoms. The summed E-state index contributed by atoms with van der Waals surface area (Å²) >= 11 is 0. The van der Waals surface area contributed by atoms with E-state index in [0.29, 0.717) is 5.56 Å². The van der Waals surface area contributed by atoms with Crippen molar-refractivity contribution in [3.05, 3.63) is 30.1 Å². The summed E-state index contributed by atoms with van der Waals surface area (Å²) in [5, 5.41) is 5.49. The minimum Gasteiger partial charge on any atom is -0.322 e. The zero-order valence-electron chi connectivity index (χ0n) is 6.27. The number of nitrogens with one attached hydrogen (secondary N) is 1. The van der Waals surface area contributed by atoms with Crippen molar-refractivity contribution in [2.24, 2.45) is 10.9 Å². The van der Waals surface area contributed by atoms with Crippen LogP contribution in [0.1, 0.15) is 10.4 Å². The Labute approximate surface area is 69.3 Å². The highest BCUT2D eigenvalue weighted by Crippen LogP contribution is 1.93. The molecule has 1 amide bonds. The summed E-state index contributed by atoms with van der Waals surface area (Å²) in [7, 11) is 0. The molecule has 0 bridgehead atoms. The molecule has 1 heterocycles. The second-order valence-electron chi connectivity index (χ2n) is 1.99. The van der Waals surface area contributed by atoms with Crippen molar-refractivity contribution in [1.82, 2.24) is 10.3 Å². The van der Waals surface area contributed by atoms with Gasteiger partial charge in [0, 0.05) is 18.0 Å². The number of amides is 1. The molecule has 0 aliphatic heterocycles. The van der Waals surface area contributed by atoms with Crippen LogP contribution in [0.5, 0.6) is 0 Å². The Morgan fingerprint density at radius 3 is 2.83 bits per heavy atom. The summed E-state index contributed by atoms with van der Waals surface area (Å²) in [5.74, 6) is 4.54. The molecule has 1 aromatic rings. The van der Waals surface area contributed by atoms with Gasteiger partial charge in [0.05, 0.1) is 0 Å². The van der Waals surface area contributed by atoms with Gasteiger partial charge in [0.25, 0.3) is 5.91 Å². The Morgan fingerprint density at radius 2 is 2.25 bits per heavy atom. The maximum Gasteiger partial charge on any atom is 0.256 e. The quantitative estimate of drug-likeness (QED) is 0.273. The van der Waals surface area contributed by atoms with Crippen LogP contribution in [0, 0.1) is 0 Å². The van der Waals surface area contributed by atoms with Crippen molar-refractivity contribution in [1.29, 1.82) is 0 Å². The van der Waals surface area contributed by atoms with Crippen molar-refractivity contribution < 1.29 is 4.79 Å². The lowest BCUT2D eigenvalue weighted by atomic mass is 10.2. The van der Waals surface area contributed by atoms with E-state index in [2.05, 4.69) is 15.4 Å². The van der Waals surface area contributed by atoms with E-state index in [1.807, 2.05) is 0 Å². The van der Waals surface area contributed by atoms with Gasteiger partial charge in [-0.1, -0.05) is 0 Å². The molecule has 0 unspecified atom stereocenters. The molecular formula is C7H8N4O. The van der Waals surface area contributed by atoms with Crippen LogP contribution in [0.15, 0.2) is 29.6 Å². The zero-order valence-corrected chi connectivity index (χ0v) is 6.27. The maximum atomic E-state index is 11.1. The van der Waals surface area contributed by atoms with Crippen LogP contribution < -0.4 is 11.2 Å². The highest BCUT2D eigenvalue weighted by Gasteiger charge is 2.00. The van der Waals surface area contributed by atoms with Crippen LogP contribution in [0.2, 0.25) is 0 Å². The molecule has 0 spiro atoms. The third-order valence-corrected chi connectivity index (χ3v) is 1.21. The fraction of sp³-hybridized carbons (Fsp3) is 0. The highest BCUT2D eigenvalue weighted by atomic mass is 16.1. The van der Waals surface area contributed by atoms with Crippen LogP contribution in [0.3, 0.4) is 0 Å². The number of nitrogens with zero attached hydrogens (tertiary/aromatic N) is 2. The van der Waals surface area contributed by atoms with Crippen molar-refractivity contribution >= 4 is 12.2 Å². The number of pyridine rings is 1. The van der Waals surface area contributed by atoms with Gasteiger partial charge in [-0.25, -0.2) is 0 Å². The van der Waals surface area contributed by atoms with Gasteiger partial charge in [-0.15, -0.1) is 0 Å². The first kappa shape index (κ1) is 8.19. The molecule has 62 valence electrons. The molecule has 0 saturated carbocycles. The van der Waals surface area contributed by atoms with Gasteiger partial charge >= 0.3 is 0 Å². The average molecular weight is 164 g/mol. The first-order valence-electron chi connectivity index (χ1n) is 3.27. The van der Waals surface area contributed by atoms with Crippen molar-refractivity contribution in [2.75, 3.05) is 0 Å². The molecule has 1 rings (SSSR count). The normalized spacial score (nSPS) is 10.0. The van der Waals surface area contributed by atoms with Gasteiger partial charge in [0.15, 0.2) is 0 Å². The molecule has 0 atom stereocenters. The molecule has 3 N–H and O–H groups in total. The second kappa shape index (κ2) is 4.07. The molecule has 0 fully saturated rings. The molecule has 1 aromatic heterocycles. The minimum absolute atomic E-state index is 0.258. The third-order valence-electron chi connectivity index (χ3n) is 1.21. The first-order valence-corrected chi connectivity index (χ1v) is 3.27. The highest BCUT2D eigenvalue weighted by molar-refractivity contribution is 6.00. The molecule has 0 radical (unpaired) electrons. The van der Waals surface area contributed by atoms with Crippen LogP contribution in [-0.2, 0) is 0 Å². The maximum absolute atomic E-state index is 11.1. The van der Waals surface area contributed by atoms with Crippen molar-refractivity contribution in [2.45, 2.75) is 0 Å². The fourth-order valence-corrected chi connectivity index (χ4v) is 0.683. The SMILES string of the molecule is N/N=C/NC(=O)c1ccncc1. The Hall–Kier alpha value is -1.91. The van der Waals surface area contributed by atoms with E-state index in [9.17, 15) is 4.79 Å². The molecule has 5 nitrogen and oxygen atoms in total. The van der Waals surface area contributed by atoms with Gasteiger partial charge in [0.2, 0.25) is 0 Å². The van der Waals surface area contributed by atoms with E-state index in [1.54, 1.807) is 12.1 Å².